The van der Waals surface area contributed by atoms with Crippen LogP contribution >= 0.6 is 0 Å². The van der Waals surface area contributed by atoms with Gasteiger partial charge >= 0.3 is 0 Å². The van der Waals surface area contributed by atoms with Gasteiger partial charge < -0.3 is 9.88 Å². The quantitative estimate of drug-likeness (QED) is 0.777. The Kier molecular flexibility index (Phi) is 3.87. The summed E-state index contributed by atoms with van der Waals surface area (Å²) in [6, 6.07) is 7.83. The Morgan fingerprint density at radius 1 is 1.21 bits per heavy atom. The zero-order valence-electron chi connectivity index (χ0n) is 14.7. The van der Waals surface area contributed by atoms with E-state index in [0.717, 1.165) is 33.7 Å². The molecule has 0 saturated heterocycles. The van der Waals surface area contributed by atoms with E-state index in [1.54, 1.807) is 6.20 Å². The predicted molar refractivity (Wildman–Crippen MR) is 96.8 cm³/mol. The number of anilines is 1. The normalized spacial score (nSPS) is 11.7. The number of hydrogen-bond acceptors (Lipinski definition) is 3. The summed E-state index contributed by atoms with van der Waals surface area (Å²) in [4.78, 5) is 21.2. The Morgan fingerprint density at radius 3 is 2.58 bits per heavy atom. The largest absolute Gasteiger partial charge is 0.333 e. The van der Waals surface area contributed by atoms with Crippen molar-refractivity contribution in [2.45, 2.75) is 27.7 Å². The highest BCUT2D eigenvalue weighted by Gasteiger charge is 2.21. The first kappa shape index (κ1) is 16.2. The van der Waals surface area contributed by atoms with E-state index in [4.69, 9.17) is 4.98 Å². The molecule has 3 rings (SSSR count). The lowest BCUT2D eigenvalue weighted by Crippen LogP contribution is -2.27. The summed E-state index contributed by atoms with van der Waals surface area (Å²) in [7, 11) is 1.95. The molecule has 124 valence electrons. The monoisotopic (exact) mass is 322 g/mol. The Morgan fingerprint density at radius 2 is 1.96 bits per heavy atom. The number of carbonyl (C=O) groups is 1. The molecule has 0 bridgehead atoms. The van der Waals surface area contributed by atoms with Crippen LogP contribution in [0.4, 0.5) is 5.69 Å². The number of hydrogen-bond donors (Lipinski definition) is 1. The molecule has 0 fully saturated rings. The maximum Gasteiger partial charge on any atom is 0.229 e. The first-order valence-corrected chi connectivity index (χ1v) is 7.96. The van der Waals surface area contributed by atoms with Gasteiger partial charge in [-0.25, -0.2) is 9.97 Å². The second-order valence-corrected chi connectivity index (χ2v) is 7.12. The van der Waals surface area contributed by atoms with Gasteiger partial charge in [-0.3, -0.25) is 4.79 Å². The van der Waals surface area contributed by atoms with Gasteiger partial charge in [0.2, 0.25) is 5.91 Å². The summed E-state index contributed by atoms with van der Waals surface area (Å²) >= 11 is 0. The molecule has 0 saturated carbocycles. The highest BCUT2D eigenvalue weighted by Crippen LogP contribution is 2.26. The van der Waals surface area contributed by atoms with Gasteiger partial charge in [-0.1, -0.05) is 20.8 Å². The summed E-state index contributed by atoms with van der Waals surface area (Å²) in [6.45, 7) is 7.74. The number of fused-ring (bicyclic) bond motifs is 1. The number of imidazole rings is 1. The van der Waals surface area contributed by atoms with Crippen LogP contribution in [0.2, 0.25) is 0 Å². The molecule has 0 unspecified atom stereocenters. The second-order valence-electron chi connectivity index (χ2n) is 7.12. The molecule has 0 radical (unpaired) electrons. The van der Waals surface area contributed by atoms with E-state index in [1.807, 2.05) is 69.8 Å². The zero-order chi connectivity index (χ0) is 17.5. The number of nitrogens with zero attached hydrogens (tertiary/aromatic N) is 3. The average molecular weight is 322 g/mol. The number of pyridine rings is 1. The fraction of sp³-hybridized carbons (Fsp3) is 0.316. The lowest BCUT2D eigenvalue weighted by atomic mass is 9.95. The minimum Gasteiger partial charge on any atom is -0.333 e. The maximum absolute atomic E-state index is 12.2. The molecule has 2 aromatic heterocycles. The number of nitrogens with one attached hydrogen (secondary N) is 1. The van der Waals surface area contributed by atoms with Gasteiger partial charge in [0.15, 0.2) is 5.82 Å². The van der Waals surface area contributed by atoms with Crippen LogP contribution in [0.3, 0.4) is 0 Å². The molecule has 1 N–H and O–H groups in total. The molecule has 0 aliphatic carbocycles. The van der Waals surface area contributed by atoms with Gasteiger partial charge in [0, 0.05) is 35.9 Å². The Bertz CT molecular complexity index is 919. The predicted octanol–water partition coefficient (Wildman–Crippen LogP) is 3.93. The van der Waals surface area contributed by atoms with E-state index in [0.29, 0.717) is 0 Å². The average Bonchev–Trinajstić information content (AvgIpc) is 2.93. The van der Waals surface area contributed by atoms with Crippen molar-refractivity contribution >= 4 is 22.5 Å². The van der Waals surface area contributed by atoms with Crippen LogP contribution in [0, 0.1) is 12.3 Å². The molecular formula is C19H22N4O. The zero-order valence-corrected chi connectivity index (χ0v) is 14.7. The van der Waals surface area contributed by atoms with E-state index in [2.05, 4.69) is 10.3 Å². The third-order valence-corrected chi connectivity index (χ3v) is 4.00. The van der Waals surface area contributed by atoms with E-state index in [9.17, 15) is 4.79 Å². The Hall–Kier alpha value is -2.69. The Balaban J connectivity index is 2.01. The van der Waals surface area contributed by atoms with Crippen molar-refractivity contribution in [2.24, 2.45) is 12.5 Å². The van der Waals surface area contributed by atoms with Crippen molar-refractivity contribution in [3.63, 3.8) is 0 Å². The van der Waals surface area contributed by atoms with Gasteiger partial charge in [-0.15, -0.1) is 0 Å². The first-order valence-electron chi connectivity index (χ1n) is 7.96. The highest BCUT2D eigenvalue weighted by molar-refractivity contribution is 5.97. The van der Waals surface area contributed by atoms with E-state index in [-0.39, 0.29) is 5.91 Å². The SMILES string of the molecule is Cc1cc(-c2nccn2C)nc2ccc(NC(=O)C(C)(C)C)cc12. The molecule has 0 aliphatic heterocycles. The lowest BCUT2D eigenvalue weighted by Gasteiger charge is -2.18. The van der Waals surface area contributed by atoms with Crippen molar-refractivity contribution < 1.29 is 4.79 Å². The number of amides is 1. The number of benzene rings is 1. The molecule has 0 aliphatic rings. The van der Waals surface area contributed by atoms with Gasteiger partial charge in [-0.2, -0.15) is 0 Å². The number of aryl methyl sites for hydroxylation is 2. The topological polar surface area (TPSA) is 59.8 Å². The van der Waals surface area contributed by atoms with Gasteiger partial charge in [0.05, 0.1) is 5.52 Å². The molecule has 0 atom stereocenters. The van der Waals surface area contributed by atoms with Crippen molar-refractivity contribution in [1.82, 2.24) is 14.5 Å². The maximum atomic E-state index is 12.2. The van der Waals surface area contributed by atoms with E-state index >= 15 is 0 Å². The molecule has 3 aromatic rings. The van der Waals surface area contributed by atoms with Crippen molar-refractivity contribution in [2.75, 3.05) is 5.32 Å². The highest BCUT2D eigenvalue weighted by atomic mass is 16.2. The van der Waals surface area contributed by atoms with Crippen LogP contribution in [0.25, 0.3) is 22.4 Å². The van der Waals surface area contributed by atoms with Crippen molar-refractivity contribution in [1.29, 1.82) is 0 Å². The second kappa shape index (κ2) is 5.74. The van der Waals surface area contributed by atoms with Crippen LogP contribution in [0.15, 0.2) is 36.7 Å². The van der Waals surface area contributed by atoms with Gasteiger partial charge in [-0.05, 0) is 36.8 Å². The van der Waals surface area contributed by atoms with E-state index in [1.165, 1.54) is 0 Å². The third-order valence-electron chi connectivity index (χ3n) is 4.00. The third kappa shape index (κ3) is 3.02. The molecular weight excluding hydrogens is 300 g/mol. The number of carbonyl (C=O) groups excluding carboxylic acids is 1. The van der Waals surface area contributed by atoms with Crippen LogP contribution in [0.1, 0.15) is 26.3 Å². The summed E-state index contributed by atoms with van der Waals surface area (Å²) < 4.78 is 1.95. The minimum atomic E-state index is -0.426. The summed E-state index contributed by atoms with van der Waals surface area (Å²) in [5.41, 5.74) is 3.20. The van der Waals surface area contributed by atoms with Gasteiger partial charge in [0.25, 0.3) is 0 Å². The standard InChI is InChI=1S/C19H22N4O/c1-12-10-16(17-20-8-9-23(17)5)22-15-7-6-13(11-14(12)15)21-18(24)19(2,3)4/h6-11H,1-5H3,(H,21,24). The molecule has 2 heterocycles. The first-order chi connectivity index (χ1) is 11.3. The van der Waals surface area contributed by atoms with E-state index < -0.39 is 5.41 Å². The smallest absolute Gasteiger partial charge is 0.229 e. The van der Waals surface area contributed by atoms with Crippen LogP contribution in [-0.4, -0.2) is 20.4 Å². The molecule has 5 heteroatoms. The fourth-order valence-corrected chi connectivity index (χ4v) is 2.52. The lowest BCUT2D eigenvalue weighted by molar-refractivity contribution is -0.123. The van der Waals surface area contributed by atoms with Crippen molar-refractivity contribution in [3.05, 3.63) is 42.2 Å². The van der Waals surface area contributed by atoms with Gasteiger partial charge in [0.1, 0.15) is 5.69 Å². The minimum absolute atomic E-state index is 0.00269. The molecule has 1 aromatic carbocycles. The molecule has 0 spiro atoms. The molecule has 5 nitrogen and oxygen atoms in total. The fourth-order valence-electron chi connectivity index (χ4n) is 2.52. The van der Waals surface area contributed by atoms with Crippen LogP contribution < -0.4 is 5.32 Å². The number of rotatable bonds is 2. The Labute approximate surface area is 141 Å². The molecule has 1 amide bonds. The summed E-state index contributed by atoms with van der Waals surface area (Å²) in [6.07, 6.45) is 3.67. The molecule has 24 heavy (non-hydrogen) atoms. The van der Waals surface area contributed by atoms with Crippen molar-refractivity contribution in [3.8, 4) is 11.5 Å². The number of aromatic nitrogens is 3. The summed E-state index contributed by atoms with van der Waals surface area (Å²) in [5, 5.41) is 4.00. The summed E-state index contributed by atoms with van der Waals surface area (Å²) in [5.74, 6) is 0.835. The van der Waals surface area contributed by atoms with Crippen LogP contribution in [0.5, 0.6) is 0 Å². The van der Waals surface area contributed by atoms with Crippen LogP contribution in [-0.2, 0) is 11.8 Å².